The molecule has 0 bridgehead atoms. The molecule has 0 aliphatic heterocycles. The number of carbonyl (C=O) groups excluding carboxylic acids is 1. The minimum absolute atomic E-state index is 0.208. The molecule has 92 valence electrons. The third-order valence-corrected chi connectivity index (χ3v) is 2.51. The van der Waals surface area contributed by atoms with E-state index in [-0.39, 0.29) is 18.3 Å². The van der Waals surface area contributed by atoms with Crippen LogP contribution in [0.4, 0.5) is 0 Å². The zero-order chi connectivity index (χ0) is 13.1. The number of rotatable bonds is 3. The summed E-state index contributed by atoms with van der Waals surface area (Å²) in [5, 5.41) is 11.1. The lowest BCUT2D eigenvalue weighted by Crippen LogP contribution is -2.06. The van der Waals surface area contributed by atoms with Gasteiger partial charge in [0.25, 0.3) is 0 Å². The normalized spacial score (nSPS) is 10.3. The molecule has 0 radical (unpaired) electrons. The number of hydrogen-bond donors (Lipinski definition) is 1. The Hall–Kier alpha value is -2.29. The smallest absolute Gasteiger partial charge is 0.338 e. The molecule has 0 spiro atoms. The Kier molecular flexibility index (Phi) is 3.33. The molecule has 0 saturated heterocycles. The first kappa shape index (κ1) is 12.2. The van der Waals surface area contributed by atoms with Gasteiger partial charge in [0.15, 0.2) is 0 Å². The van der Waals surface area contributed by atoms with Gasteiger partial charge in [0.05, 0.1) is 5.56 Å². The molecule has 0 amide bonds. The minimum Gasteiger partial charge on any atom is -0.508 e. The number of ether oxygens (including phenoxy) is 1. The maximum Gasteiger partial charge on any atom is 0.338 e. The van der Waals surface area contributed by atoms with Crippen molar-refractivity contribution in [1.29, 1.82) is 0 Å². The van der Waals surface area contributed by atoms with Gasteiger partial charge in [-0.3, -0.25) is 0 Å². The molecule has 0 aliphatic rings. The van der Waals surface area contributed by atoms with Crippen LogP contribution in [-0.2, 0) is 4.74 Å². The molecule has 0 atom stereocenters. The second-order valence-corrected chi connectivity index (χ2v) is 4.28. The number of phenols is 1. The largest absolute Gasteiger partial charge is 0.508 e. The summed E-state index contributed by atoms with van der Waals surface area (Å²) in [7, 11) is 0. The van der Waals surface area contributed by atoms with Gasteiger partial charge in [-0.1, -0.05) is 18.7 Å². The molecule has 18 heavy (non-hydrogen) atoms. The molecule has 2 aromatic carbocycles. The van der Waals surface area contributed by atoms with Crippen molar-refractivity contribution in [2.45, 2.75) is 6.92 Å². The number of fused-ring (bicyclic) bond motifs is 1. The quantitative estimate of drug-likeness (QED) is 0.663. The number of carbonyl (C=O) groups is 1. The maximum atomic E-state index is 11.7. The monoisotopic (exact) mass is 242 g/mol. The van der Waals surface area contributed by atoms with Crippen molar-refractivity contribution in [2.24, 2.45) is 0 Å². The highest BCUT2D eigenvalue weighted by Crippen LogP contribution is 2.21. The van der Waals surface area contributed by atoms with E-state index >= 15 is 0 Å². The lowest BCUT2D eigenvalue weighted by Gasteiger charge is -2.05. The topological polar surface area (TPSA) is 46.5 Å². The summed E-state index contributed by atoms with van der Waals surface area (Å²) in [4.78, 5) is 11.7. The predicted molar refractivity (Wildman–Crippen MR) is 70.7 cm³/mol. The number of phenolic OH excluding ortho intramolecular Hbond substituents is 1. The molecule has 3 nitrogen and oxygen atoms in total. The Bertz CT molecular complexity index is 614. The summed E-state index contributed by atoms with van der Waals surface area (Å²) in [5.41, 5.74) is 1.29. The maximum absolute atomic E-state index is 11.7. The van der Waals surface area contributed by atoms with Crippen molar-refractivity contribution >= 4 is 16.7 Å². The van der Waals surface area contributed by atoms with Crippen LogP contribution >= 0.6 is 0 Å². The number of esters is 1. The molecule has 0 aromatic heterocycles. The summed E-state index contributed by atoms with van der Waals surface area (Å²) in [6, 6.07) is 10.2. The van der Waals surface area contributed by atoms with Crippen LogP contribution in [0.3, 0.4) is 0 Å². The van der Waals surface area contributed by atoms with Crippen LogP contribution < -0.4 is 0 Å². The van der Waals surface area contributed by atoms with Crippen LogP contribution in [0.5, 0.6) is 5.75 Å². The molecular weight excluding hydrogens is 228 g/mol. The van der Waals surface area contributed by atoms with Gasteiger partial charge in [0, 0.05) is 0 Å². The zero-order valence-corrected chi connectivity index (χ0v) is 10.1. The molecule has 0 unspecified atom stereocenters. The SMILES string of the molecule is C=C(C)COC(=O)c1ccc2cc(O)ccc2c1. The summed E-state index contributed by atoms with van der Waals surface area (Å²) >= 11 is 0. The standard InChI is InChI=1S/C15H14O3/c1-10(2)9-18-15(17)13-4-3-12-8-14(16)6-5-11(12)7-13/h3-8,16H,1,9H2,2H3. The minimum atomic E-state index is -0.368. The van der Waals surface area contributed by atoms with Crippen LogP contribution in [0.25, 0.3) is 10.8 Å². The summed E-state index contributed by atoms with van der Waals surface area (Å²) < 4.78 is 5.07. The van der Waals surface area contributed by atoms with E-state index in [0.717, 1.165) is 16.3 Å². The van der Waals surface area contributed by atoms with E-state index in [2.05, 4.69) is 6.58 Å². The first-order valence-electron chi connectivity index (χ1n) is 5.60. The second-order valence-electron chi connectivity index (χ2n) is 4.28. The molecule has 0 aliphatic carbocycles. The van der Waals surface area contributed by atoms with Crippen LogP contribution in [-0.4, -0.2) is 17.7 Å². The summed E-state index contributed by atoms with van der Waals surface area (Å²) in [5.74, 6) is -0.159. The van der Waals surface area contributed by atoms with Gasteiger partial charge in [-0.05, 0) is 47.5 Å². The Morgan fingerprint density at radius 3 is 2.61 bits per heavy atom. The Morgan fingerprint density at radius 2 is 1.89 bits per heavy atom. The lowest BCUT2D eigenvalue weighted by atomic mass is 10.1. The van der Waals surface area contributed by atoms with E-state index < -0.39 is 0 Å². The highest BCUT2D eigenvalue weighted by Gasteiger charge is 2.07. The first-order valence-corrected chi connectivity index (χ1v) is 5.60. The van der Waals surface area contributed by atoms with E-state index in [1.165, 1.54) is 0 Å². The molecule has 3 heteroatoms. The van der Waals surface area contributed by atoms with Crippen molar-refractivity contribution in [3.63, 3.8) is 0 Å². The van der Waals surface area contributed by atoms with Crippen LogP contribution in [0.2, 0.25) is 0 Å². The van der Waals surface area contributed by atoms with Crippen LogP contribution in [0.15, 0.2) is 48.6 Å². The fraction of sp³-hybridized carbons (Fsp3) is 0.133. The summed E-state index contributed by atoms with van der Waals surface area (Å²) in [6.07, 6.45) is 0. The summed E-state index contributed by atoms with van der Waals surface area (Å²) in [6.45, 7) is 5.71. The Labute approximate surface area is 105 Å². The van der Waals surface area contributed by atoms with Gasteiger partial charge in [0.1, 0.15) is 12.4 Å². The highest BCUT2D eigenvalue weighted by molar-refractivity contribution is 5.95. The van der Waals surface area contributed by atoms with Crippen LogP contribution in [0.1, 0.15) is 17.3 Å². The van der Waals surface area contributed by atoms with E-state index in [0.29, 0.717) is 5.56 Å². The van der Waals surface area contributed by atoms with Crippen molar-refractivity contribution in [3.05, 3.63) is 54.1 Å². The van der Waals surface area contributed by atoms with Crippen molar-refractivity contribution in [3.8, 4) is 5.75 Å². The third-order valence-electron chi connectivity index (χ3n) is 2.51. The molecule has 2 rings (SSSR count). The fourth-order valence-electron chi connectivity index (χ4n) is 1.63. The van der Waals surface area contributed by atoms with E-state index in [4.69, 9.17) is 4.74 Å². The molecular formula is C15H14O3. The van der Waals surface area contributed by atoms with E-state index in [9.17, 15) is 9.90 Å². The Morgan fingerprint density at radius 1 is 1.22 bits per heavy atom. The van der Waals surface area contributed by atoms with Crippen molar-refractivity contribution < 1.29 is 14.6 Å². The lowest BCUT2D eigenvalue weighted by molar-refractivity contribution is 0.0540. The number of hydrogen-bond acceptors (Lipinski definition) is 3. The van der Waals surface area contributed by atoms with Gasteiger partial charge in [-0.2, -0.15) is 0 Å². The predicted octanol–water partition coefficient (Wildman–Crippen LogP) is 3.28. The molecule has 0 saturated carbocycles. The molecule has 0 heterocycles. The molecule has 0 fully saturated rings. The van der Waals surface area contributed by atoms with Crippen molar-refractivity contribution in [2.75, 3.05) is 6.61 Å². The van der Waals surface area contributed by atoms with Crippen LogP contribution in [0, 0.1) is 0 Å². The van der Waals surface area contributed by atoms with Crippen molar-refractivity contribution in [1.82, 2.24) is 0 Å². The molecule has 1 N–H and O–H groups in total. The second kappa shape index (κ2) is 4.92. The van der Waals surface area contributed by atoms with E-state index in [1.54, 1.807) is 43.3 Å². The Balaban J connectivity index is 2.27. The van der Waals surface area contributed by atoms with Gasteiger partial charge in [0.2, 0.25) is 0 Å². The van der Waals surface area contributed by atoms with E-state index in [1.807, 2.05) is 0 Å². The van der Waals surface area contributed by atoms with Gasteiger partial charge in [-0.15, -0.1) is 0 Å². The first-order chi connectivity index (χ1) is 8.56. The third kappa shape index (κ3) is 2.69. The number of benzene rings is 2. The molecule has 2 aromatic rings. The fourth-order valence-corrected chi connectivity index (χ4v) is 1.63. The van der Waals surface area contributed by atoms with Gasteiger partial charge < -0.3 is 9.84 Å². The number of aromatic hydroxyl groups is 1. The van der Waals surface area contributed by atoms with Gasteiger partial charge in [-0.25, -0.2) is 4.79 Å². The van der Waals surface area contributed by atoms with Gasteiger partial charge >= 0.3 is 5.97 Å². The average Bonchev–Trinajstić information content (AvgIpc) is 2.35. The average molecular weight is 242 g/mol. The highest BCUT2D eigenvalue weighted by atomic mass is 16.5. The zero-order valence-electron chi connectivity index (χ0n) is 10.1.